The van der Waals surface area contributed by atoms with Crippen LogP contribution in [0.4, 0.5) is 0 Å². The first-order valence-corrected chi connectivity index (χ1v) is 25.1. The van der Waals surface area contributed by atoms with E-state index in [2.05, 4.69) is 34.6 Å². The van der Waals surface area contributed by atoms with E-state index in [-0.39, 0.29) is 46.0 Å². The normalized spacial score (nSPS) is 56.5. The molecule has 0 amide bonds. The lowest BCUT2D eigenvalue weighted by atomic mass is 9.41. The molecule has 68 heavy (non-hydrogen) atoms. The number of hydrogen-bond donors (Lipinski definition) is 10. The molecule has 9 rings (SSSR count). The van der Waals surface area contributed by atoms with Gasteiger partial charge in [0.05, 0.1) is 54.9 Å². The van der Waals surface area contributed by atoms with Crippen molar-refractivity contribution in [2.75, 3.05) is 13.2 Å². The Morgan fingerprint density at radius 1 is 0.706 bits per heavy atom. The van der Waals surface area contributed by atoms with Crippen LogP contribution in [-0.2, 0) is 42.7 Å². The van der Waals surface area contributed by atoms with Gasteiger partial charge in [0.2, 0.25) is 0 Å². The summed E-state index contributed by atoms with van der Waals surface area (Å²) in [6.07, 6.45) is -15.2. The third kappa shape index (κ3) is 7.64. The molecule has 0 radical (unpaired) electrons. The largest absolute Gasteiger partial charge is 0.457 e. The molecule has 10 N–H and O–H groups in total. The molecule has 0 aromatic heterocycles. The molecule has 4 heterocycles. The maximum absolute atomic E-state index is 12.6. The predicted octanol–water partition coefficient (Wildman–Crippen LogP) is 0.147. The number of carbonyl (C=O) groups excluding carboxylic acids is 1. The van der Waals surface area contributed by atoms with Crippen molar-refractivity contribution in [3.05, 3.63) is 0 Å². The van der Waals surface area contributed by atoms with E-state index in [1.807, 2.05) is 13.8 Å². The topological polar surface area (TPSA) is 293 Å². The first-order chi connectivity index (χ1) is 31.6. The second kappa shape index (κ2) is 17.5. The highest BCUT2D eigenvalue weighted by Crippen LogP contribution is 2.89. The number of rotatable bonds is 10. The zero-order chi connectivity index (χ0) is 49.6. The molecule has 4 saturated heterocycles. The van der Waals surface area contributed by atoms with Gasteiger partial charge in [-0.25, -0.2) is 0 Å². The SMILES string of the molecule is CC(=O)O[C@@H]1CO[C@@H](O[C@H]2CC[C@]34C[C@]35CC[C@]3(C)[C@@H]([C@@]6(C)CC[C@@H](C(C)(C)O[C@@H]7O[C@H](CO)[C@@H](O)[C@H](O)[C@H]7O)O6)[C@@H](O)C[C@@]3(C)[C@@H]5C[C@H](O)[C@H]4C2(C)C)[C@H](O[C@@H]2O[C@@H](C)[C@H](O)[C@@H](O)[C@H]2O)[C@H]1O. The Kier molecular flexibility index (Phi) is 13.3. The van der Waals surface area contributed by atoms with Crippen molar-refractivity contribution in [1.29, 1.82) is 0 Å². The van der Waals surface area contributed by atoms with Crippen molar-refractivity contribution < 1.29 is 93.8 Å². The zero-order valence-corrected chi connectivity index (χ0v) is 41.0. The van der Waals surface area contributed by atoms with Crippen LogP contribution in [0.2, 0.25) is 0 Å². The van der Waals surface area contributed by atoms with Gasteiger partial charge in [-0.1, -0.05) is 27.7 Å². The van der Waals surface area contributed by atoms with Crippen LogP contribution in [0.3, 0.4) is 0 Å². The zero-order valence-electron chi connectivity index (χ0n) is 41.0. The Morgan fingerprint density at radius 3 is 2.06 bits per heavy atom. The third-order valence-electron chi connectivity index (χ3n) is 20.1. The van der Waals surface area contributed by atoms with Gasteiger partial charge in [0.15, 0.2) is 25.0 Å². The second-order valence-corrected chi connectivity index (χ2v) is 24.4. The lowest BCUT2D eigenvalue weighted by Gasteiger charge is -2.64. The molecule has 0 bridgehead atoms. The third-order valence-corrected chi connectivity index (χ3v) is 20.1. The predicted molar refractivity (Wildman–Crippen MR) is 235 cm³/mol. The van der Waals surface area contributed by atoms with Crippen LogP contribution in [0.25, 0.3) is 0 Å². The number of fused-ring (bicyclic) bond motifs is 2. The average molecular weight is 973 g/mol. The van der Waals surface area contributed by atoms with Crippen molar-refractivity contribution in [2.24, 2.45) is 44.8 Å². The van der Waals surface area contributed by atoms with E-state index in [0.29, 0.717) is 32.1 Å². The minimum Gasteiger partial charge on any atom is -0.457 e. The fraction of sp³-hybridized carbons (Fsp3) is 0.980. The molecular weight excluding hydrogens is 893 g/mol. The first kappa shape index (κ1) is 51.7. The summed E-state index contributed by atoms with van der Waals surface area (Å²) in [5.41, 5.74) is -3.36. The van der Waals surface area contributed by atoms with Crippen LogP contribution < -0.4 is 0 Å². The fourth-order valence-electron chi connectivity index (χ4n) is 16.7. The van der Waals surface area contributed by atoms with Crippen molar-refractivity contribution >= 4 is 5.97 Å². The molecule has 9 aliphatic rings. The van der Waals surface area contributed by atoms with E-state index in [4.69, 9.17) is 37.9 Å². The van der Waals surface area contributed by atoms with Crippen molar-refractivity contribution in [1.82, 2.24) is 0 Å². The first-order valence-electron chi connectivity index (χ1n) is 25.1. The highest BCUT2D eigenvalue weighted by molar-refractivity contribution is 5.66. The van der Waals surface area contributed by atoms with Gasteiger partial charge in [-0.05, 0) is 124 Å². The lowest BCUT2D eigenvalue weighted by Crippen LogP contribution is -2.64. The van der Waals surface area contributed by atoms with Crippen LogP contribution in [0.1, 0.15) is 120 Å². The second-order valence-electron chi connectivity index (χ2n) is 24.4. The summed E-state index contributed by atoms with van der Waals surface area (Å²) >= 11 is 0. The van der Waals surface area contributed by atoms with Crippen molar-refractivity contribution in [3.63, 3.8) is 0 Å². The van der Waals surface area contributed by atoms with Crippen molar-refractivity contribution in [2.45, 2.75) is 242 Å². The van der Waals surface area contributed by atoms with Gasteiger partial charge in [0, 0.05) is 12.8 Å². The number of hydrogen-bond acceptors (Lipinski definition) is 19. The number of aliphatic hydroxyl groups is 10. The Balaban J connectivity index is 0.914. The maximum Gasteiger partial charge on any atom is 0.303 e. The molecule has 5 saturated carbocycles. The van der Waals surface area contributed by atoms with Gasteiger partial charge in [-0.3, -0.25) is 4.79 Å². The van der Waals surface area contributed by atoms with Crippen LogP contribution in [-0.4, -0.2) is 192 Å². The van der Waals surface area contributed by atoms with E-state index in [9.17, 15) is 55.9 Å². The molecule has 390 valence electrons. The quantitative estimate of drug-likeness (QED) is 0.103. The minimum absolute atomic E-state index is 0.0692. The molecule has 9 fully saturated rings. The molecule has 5 aliphatic carbocycles. The molecule has 0 aromatic carbocycles. The summed E-state index contributed by atoms with van der Waals surface area (Å²) in [5, 5.41) is 110. The maximum atomic E-state index is 12.6. The summed E-state index contributed by atoms with van der Waals surface area (Å²) in [4.78, 5) is 12.0. The van der Waals surface area contributed by atoms with E-state index >= 15 is 0 Å². The molecule has 4 aliphatic heterocycles. The Morgan fingerprint density at radius 2 is 1.38 bits per heavy atom. The lowest BCUT2D eigenvalue weighted by molar-refractivity contribution is -0.364. The van der Waals surface area contributed by atoms with Gasteiger partial charge in [-0.15, -0.1) is 0 Å². The number of aliphatic hydroxyl groups excluding tert-OH is 10. The van der Waals surface area contributed by atoms with Gasteiger partial charge in [0.1, 0.15) is 54.9 Å². The fourth-order valence-corrected chi connectivity index (χ4v) is 16.7. The van der Waals surface area contributed by atoms with Gasteiger partial charge < -0.3 is 89.0 Å². The molecule has 0 aromatic rings. The molecule has 26 atom stereocenters. The summed E-state index contributed by atoms with van der Waals surface area (Å²) in [7, 11) is 0. The highest BCUT2D eigenvalue weighted by atomic mass is 16.8. The summed E-state index contributed by atoms with van der Waals surface area (Å²) in [5.74, 6) is -0.931. The van der Waals surface area contributed by atoms with E-state index in [1.54, 1.807) is 0 Å². The van der Waals surface area contributed by atoms with E-state index in [1.165, 1.54) is 13.8 Å². The Hall–Kier alpha value is -1.21. The minimum atomic E-state index is -1.67. The summed E-state index contributed by atoms with van der Waals surface area (Å²) < 4.78 is 49.2. The van der Waals surface area contributed by atoms with Crippen LogP contribution >= 0.6 is 0 Å². The Labute approximate surface area is 398 Å². The standard InChI is InChI=1S/C49H80O19/c1-21-30(54)33(57)35(59)40(62-21)66-37-32(56)26(63-22(2)51)19-61-42(37)65-28-11-13-49-20-48(49)15-14-45(7)39(24(53)17-46(45,8)27(48)16-23(52)38(49)43(28,3)4)47(9)12-10-29(67-47)44(5,6)68-41-36(60)34(58)31(55)25(18-50)64-41/h21,23-42,50,52-60H,10-20H2,1-9H3/t21-,23-,24-,25+,26+,27-,28-,29-,30-,31+,32-,33+,34-,35+,36+,37+,38-,39-,40-,41-,42-,45+,46-,47+,48-,49+/m0/s1. The van der Waals surface area contributed by atoms with Crippen LogP contribution in [0.5, 0.6) is 0 Å². The van der Waals surface area contributed by atoms with Gasteiger partial charge in [-0.2, -0.15) is 0 Å². The molecular formula is C49H80O19. The molecule has 2 spiro atoms. The summed E-state index contributed by atoms with van der Waals surface area (Å²) in [6.45, 7) is 16.6. The number of ether oxygens (including phenoxy) is 8. The van der Waals surface area contributed by atoms with Gasteiger partial charge >= 0.3 is 5.97 Å². The number of carbonyl (C=O) groups is 1. The Bertz CT molecular complexity index is 1870. The highest BCUT2D eigenvalue weighted by Gasteiger charge is 2.85. The van der Waals surface area contributed by atoms with Crippen LogP contribution in [0, 0.1) is 44.8 Å². The average Bonchev–Trinajstić information content (AvgIpc) is 3.62. The molecule has 19 heteroatoms. The van der Waals surface area contributed by atoms with Crippen molar-refractivity contribution in [3.8, 4) is 0 Å². The molecule has 0 unspecified atom stereocenters. The van der Waals surface area contributed by atoms with E-state index < -0.39 is 140 Å². The monoisotopic (exact) mass is 973 g/mol. The van der Waals surface area contributed by atoms with Gasteiger partial charge in [0.25, 0.3) is 0 Å². The smallest absolute Gasteiger partial charge is 0.303 e. The summed E-state index contributed by atoms with van der Waals surface area (Å²) in [6, 6.07) is 0. The van der Waals surface area contributed by atoms with E-state index in [0.717, 1.165) is 25.7 Å². The van der Waals surface area contributed by atoms with Crippen LogP contribution in [0.15, 0.2) is 0 Å². The molecule has 19 nitrogen and oxygen atoms in total. The number of esters is 1.